The molecule has 2 aliphatic heterocycles. The lowest BCUT2D eigenvalue weighted by molar-refractivity contribution is -0.193. The number of fused-ring (bicyclic) bond motifs is 2. The lowest BCUT2D eigenvalue weighted by Gasteiger charge is -2.60. The van der Waals surface area contributed by atoms with Crippen molar-refractivity contribution in [2.24, 2.45) is 11.3 Å². The minimum Gasteiger partial charge on any atom is -0.377 e. The van der Waals surface area contributed by atoms with Crippen LogP contribution in [0.2, 0.25) is 0 Å². The molecule has 5 heteroatoms. The molecule has 4 rings (SSSR count). The summed E-state index contributed by atoms with van der Waals surface area (Å²) < 4.78 is 8.29. The molecular formula is C16H26N4O. The molecule has 1 saturated heterocycles. The maximum atomic E-state index is 5.98. The van der Waals surface area contributed by atoms with E-state index in [2.05, 4.69) is 33.9 Å². The highest BCUT2D eigenvalue weighted by Gasteiger charge is 2.57. The lowest BCUT2D eigenvalue weighted by atomic mass is 9.55. The van der Waals surface area contributed by atoms with Crippen LogP contribution in [0.4, 0.5) is 0 Å². The first kappa shape index (κ1) is 13.7. The largest absolute Gasteiger partial charge is 0.377 e. The number of ether oxygens (including phenoxy) is 1. The molecule has 1 aromatic rings. The van der Waals surface area contributed by atoms with Gasteiger partial charge in [0.25, 0.3) is 0 Å². The van der Waals surface area contributed by atoms with Gasteiger partial charge in [0.05, 0.1) is 12.6 Å². The van der Waals surface area contributed by atoms with Crippen LogP contribution in [0.15, 0.2) is 0 Å². The van der Waals surface area contributed by atoms with Gasteiger partial charge >= 0.3 is 0 Å². The molecule has 1 aliphatic carbocycles. The van der Waals surface area contributed by atoms with E-state index in [4.69, 9.17) is 4.74 Å². The van der Waals surface area contributed by atoms with Crippen LogP contribution in [0, 0.1) is 11.3 Å². The van der Waals surface area contributed by atoms with Gasteiger partial charge in [-0.25, -0.2) is 0 Å². The molecule has 1 saturated carbocycles. The maximum Gasteiger partial charge on any atom is 0.147 e. The molecule has 0 aromatic carbocycles. The highest BCUT2D eigenvalue weighted by molar-refractivity contribution is 5.11. The Balaban J connectivity index is 1.44. The van der Waals surface area contributed by atoms with Gasteiger partial charge in [0.15, 0.2) is 0 Å². The molecule has 3 atom stereocenters. The third-order valence-electron chi connectivity index (χ3n) is 5.75. The number of nitrogens with one attached hydrogen (secondary N) is 1. The van der Waals surface area contributed by atoms with Gasteiger partial charge in [-0.05, 0) is 25.7 Å². The number of aryl methyl sites for hydroxylation is 1. The van der Waals surface area contributed by atoms with Crippen molar-refractivity contribution in [1.82, 2.24) is 20.1 Å². The molecule has 3 aliphatic rings. The van der Waals surface area contributed by atoms with Crippen LogP contribution in [0.3, 0.4) is 0 Å². The Bertz CT molecular complexity index is 524. The zero-order valence-electron chi connectivity index (χ0n) is 13.1. The molecule has 116 valence electrons. The number of aromatic nitrogens is 3. The van der Waals surface area contributed by atoms with Gasteiger partial charge in [-0.2, -0.15) is 0 Å². The minimum absolute atomic E-state index is 0.232. The van der Waals surface area contributed by atoms with E-state index in [1.807, 2.05) is 0 Å². The molecular weight excluding hydrogens is 264 g/mol. The van der Waals surface area contributed by atoms with Gasteiger partial charge in [-0.15, -0.1) is 10.2 Å². The fourth-order valence-corrected chi connectivity index (χ4v) is 4.64. The Kier molecular flexibility index (Phi) is 3.30. The van der Waals surface area contributed by atoms with Gasteiger partial charge in [-0.3, -0.25) is 0 Å². The number of hydrogen-bond donors (Lipinski definition) is 1. The molecule has 0 amide bonds. The summed E-state index contributed by atoms with van der Waals surface area (Å²) in [4.78, 5) is 0. The molecule has 3 heterocycles. The van der Waals surface area contributed by atoms with E-state index in [0.717, 1.165) is 31.9 Å². The van der Waals surface area contributed by atoms with Crippen LogP contribution in [0.25, 0.3) is 0 Å². The molecule has 0 unspecified atom stereocenters. The third-order valence-corrected chi connectivity index (χ3v) is 5.75. The predicted octanol–water partition coefficient (Wildman–Crippen LogP) is 1.91. The topological polar surface area (TPSA) is 52.0 Å². The zero-order valence-corrected chi connectivity index (χ0v) is 13.1. The Morgan fingerprint density at radius 2 is 2.19 bits per heavy atom. The van der Waals surface area contributed by atoms with Crippen LogP contribution in [-0.4, -0.2) is 33.5 Å². The molecule has 0 bridgehead atoms. The Morgan fingerprint density at radius 1 is 1.29 bits per heavy atom. The standard InChI is InChI=1S/C16H26N4O/c1-16(2)14(11-6-5-9-21-15(11)16)17-10-13-19-18-12-7-3-4-8-20(12)13/h11,14-15,17H,3-10H2,1-2H3/t11-,14+,15-/m0/s1. The molecule has 1 aromatic heterocycles. The smallest absolute Gasteiger partial charge is 0.147 e. The van der Waals surface area contributed by atoms with E-state index in [1.54, 1.807) is 0 Å². The summed E-state index contributed by atoms with van der Waals surface area (Å²) >= 11 is 0. The van der Waals surface area contributed by atoms with E-state index in [-0.39, 0.29) is 5.41 Å². The van der Waals surface area contributed by atoms with Crippen molar-refractivity contribution in [3.63, 3.8) is 0 Å². The van der Waals surface area contributed by atoms with Crippen molar-refractivity contribution in [1.29, 1.82) is 0 Å². The van der Waals surface area contributed by atoms with Gasteiger partial charge < -0.3 is 14.6 Å². The molecule has 0 radical (unpaired) electrons. The van der Waals surface area contributed by atoms with Crippen LogP contribution < -0.4 is 5.32 Å². The molecule has 5 nitrogen and oxygen atoms in total. The number of hydrogen-bond acceptors (Lipinski definition) is 4. The third kappa shape index (κ3) is 2.13. The second-order valence-corrected chi connectivity index (χ2v) is 7.42. The van der Waals surface area contributed by atoms with E-state index in [0.29, 0.717) is 18.1 Å². The van der Waals surface area contributed by atoms with E-state index >= 15 is 0 Å². The van der Waals surface area contributed by atoms with Crippen molar-refractivity contribution >= 4 is 0 Å². The highest BCUT2D eigenvalue weighted by Crippen LogP contribution is 2.51. The average molecular weight is 290 g/mol. The normalized spacial score (nSPS) is 33.9. The summed E-state index contributed by atoms with van der Waals surface area (Å²) in [5.41, 5.74) is 0.232. The second-order valence-electron chi connectivity index (χ2n) is 7.42. The molecule has 0 spiro atoms. The van der Waals surface area contributed by atoms with E-state index < -0.39 is 0 Å². The quantitative estimate of drug-likeness (QED) is 0.924. The SMILES string of the molecule is CC1(C)[C@H](NCc2nnc3n2CCCC3)[C@@H]2CCCO[C@@H]21. The van der Waals surface area contributed by atoms with Gasteiger partial charge in [0, 0.05) is 36.9 Å². The van der Waals surface area contributed by atoms with Crippen molar-refractivity contribution in [2.75, 3.05) is 6.61 Å². The van der Waals surface area contributed by atoms with Gasteiger partial charge in [0.2, 0.25) is 0 Å². The Morgan fingerprint density at radius 3 is 3.10 bits per heavy atom. The monoisotopic (exact) mass is 290 g/mol. The van der Waals surface area contributed by atoms with Gasteiger partial charge in [-0.1, -0.05) is 13.8 Å². The first-order valence-electron chi connectivity index (χ1n) is 8.44. The van der Waals surface area contributed by atoms with Crippen molar-refractivity contribution in [3.05, 3.63) is 11.6 Å². The lowest BCUT2D eigenvalue weighted by Crippen LogP contribution is -2.69. The summed E-state index contributed by atoms with van der Waals surface area (Å²) in [6, 6.07) is 0.541. The fourth-order valence-electron chi connectivity index (χ4n) is 4.64. The van der Waals surface area contributed by atoms with Crippen molar-refractivity contribution in [2.45, 2.75) is 71.2 Å². The average Bonchev–Trinajstić information content (AvgIpc) is 2.91. The Labute approximate surface area is 126 Å². The predicted molar refractivity (Wildman–Crippen MR) is 79.8 cm³/mol. The van der Waals surface area contributed by atoms with Crippen LogP contribution in [0.5, 0.6) is 0 Å². The minimum atomic E-state index is 0.232. The van der Waals surface area contributed by atoms with Crippen LogP contribution in [0.1, 0.15) is 51.2 Å². The summed E-state index contributed by atoms with van der Waals surface area (Å²) in [7, 11) is 0. The first-order valence-corrected chi connectivity index (χ1v) is 8.44. The number of rotatable bonds is 3. The summed E-state index contributed by atoms with van der Waals surface area (Å²) in [6.07, 6.45) is 6.53. The maximum absolute atomic E-state index is 5.98. The van der Waals surface area contributed by atoms with E-state index in [9.17, 15) is 0 Å². The van der Waals surface area contributed by atoms with Crippen LogP contribution >= 0.6 is 0 Å². The molecule has 1 N–H and O–H groups in total. The second kappa shape index (κ2) is 5.06. The summed E-state index contributed by atoms with van der Waals surface area (Å²) in [5, 5.41) is 12.5. The fraction of sp³-hybridized carbons (Fsp3) is 0.875. The first-order chi connectivity index (χ1) is 10.2. The highest BCUT2D eigenvalue weighted by atomic mass is 16.5. The zero-order chi connectivity index (χ0) is 14.4. The van der Waals surface area contributed by atoms with Crippen LogP contribution in [-0.2, 0) is 24.2 Å². The molecule has 2 fully saturated rings. The van der Waals surface area contributed by atoms with Gasteiger partial charge in [0.1, 0.15) is 11.6 Å². The summed E-state index contributed by atoms with van der Waals surface area (Å²) in [5.74, 6) is 2.96. The molecule has 21 heavy (non-hydrogen) atoms. The number of nitrogens with zero attached hydrogens (tertiary/aromatic N) is 3. The van der Waals surface area contributed by atoms with Crippen molar-refractivity contribution < 1.29 is 4.74 Å². The summed E-state index contributed by atoms with van der Waals surface area (Å²) in [6.45, 7) is 7.52. The Hall–Kier alpha value is -0.940. The van der Waals surface area contributed by atoms with Crippen molar-refractivity contribution in [3.8, 4) is 0 Å². The van der Waals surface area contributed by atoms with E-state index in [1.165, 1.54) is 31.5 Å².